The molecule has 1 aromatic rings. The number of carbonyl (C=O) groups excluding carboxylic acids is 1. The Labute approximate surface area is 122 Å². The van der Waals surface area contributed by atoms with Gasteiger partial charge in [0, 0.05) is 11.0 Å². The van der Waals surface area contributed by atoms with Crippen molar-refractivity contribution in [1.29, 1.82) is 0 Å². The standard InChI is InChI=1S/C13H17BrN2O.ClH/c14-11-5-3-4-10(8-11)9-16-13(17)12-6-1-2-7-15-12;/h3-5,8,12,15H,1-2,6-7,9H2,(H,16,17);1H/t12-;/m1./s1. The van der Waals surface area contributed by atoms with E-state index in [1.165, 1.54) is 6.42 Å². The first-order valence-electron chi connectivity index (χ1n) is 6.01. The van der Waals surface area contributed by atoms with E-state index in [0.29, 0.717) is 6.54 Å². The Morgan fingerprint density at radius 1 is 1.44 bits per heavy atom. The lowest BCUT2D eigenvalue weighted by atomic mass is 10.0. The van der Waals surface area contributed by atoms with Gasteiger partial charge >= 0.3 is 0 Å². The number of nitrogens with one attached hydrogen (secondary N) is 2. The number of carbonyl (C=O) groups is 1. The SMILES string of the molecule is Cl.O=C(NCc1cccc(Br)c1)[C@H]1CCCCN1. The van der Waals surface area contributed by atoms with Gasteiger partial charge in [0.15, 0.2) is 0 Å². The summed E-state index contributed by atoms with van der Waals surface area (Å²) in [6.07, 6.45) is 3.27. The third-order valence-corrected chi connectivity index (χ3v) is 3.48. The zero-order chi connectivity index (χ0) is 12.1. The second-order valence-electron chi connectivity index (χ2n) is 4.35. The van der Waals surface area contributed by atoms with Gasteiger partial charge in [0.05, 0.1) is 6.04 Å². The van der Waals surface area contributed by atoms with Crippen molar-refractivity contribution in [3.05, 3.63) is 34.3 Å². The lowest BCUT2D eigenvalue weighted by Crippen LogP contribution is -2.46. The molecule has 100 valence electrons. The Balaban J connectivity index is 0.00000162. The molecule has 0 radical (unpaired) electrons. The number of hydrogen-bond donors (Lipinski definition) is 2. The van der Waals surface area contributed by atoms with Gasteiger partial charge < -0.3 is 10.6 Å². The normalized spacial score (nSPS) is 18.8. The Hall–Kier alpha value is -0.580. The van der Waals surface area contributed by atoms with E-state index in [4.69, 9.17) is 0 Å². The molecule has 0 spiro atoms. The molecule has 0 unspecified atom stereocenters. The molecule has 1 saturated heterocycles. The van der Waals surface area contributed by atoms with Crippen LogP contribution in [-0.2, 0) is 11.3 Å². The van der Waals surface area contributed by atoms with Gasteiger partial charge in [-0.2, -0.15) is 0 Å². The number of hydrogen-bond acceptors (Lipinski definition) is 2. The lowest BCUT2D eigenvalue weighted by Gasteiger charge is -2.22. The van der Waals surface area contributed by atoms with Crippen molar-refractivity contribution in [3.63, 3.8) is 0 Å². The summed E-state index contributed by atoms with van der Waals surface area (Å²) in [5, 5.41) is 6.22. The smallest absolute Gasteiger partial charge is 0.237 e. The van der Waals surface area contributed by atoms with Crippen LogP contribution >= 0.6 is 28.3 Å². The van der Waals surface area contributed by atoms with E-state index >= 15 is 0 Å². The maximum Gasteiger partial charge on any atom is 0.237 e. The first-order valence-corrected chi connectivity index (χ1v) is 6.80. The van der Waals surface area contributed by atoms with Gasteiger partial charge in [-0.25, -0.2) is 0 Å². The zero-order valence-corrected chi connectivity index (χ0v) is 12.5. The van der Waals surface area contributed by atoms with E-state index in [9.17, 15) is 4.79 Å². The molecule has 0 saturated carbocycles. The van der Waals surface area contributed by atoms with Gasteiger partial charge in [-0.1, -0.05) is 34.5 Å². The van der Waals surface area contributed by atoms with Crippen LogP contribution in [0.2, 0.25) is 0 Å². The highest BCUT2D eigenvalue weighted by atomic mass is 79.9. The van der Waals surface area contributed by atoms with Gasteiger partial charge in [0.1, 0.15) is 0 Å². The molecule has 0 aromatic heterocycles. The Bertz CT molecular complexity index is 394. The molecule has 0 aliphatic carbocycles. The van der Waals surface area contributed by atoms with E-state index in [-0.39, 0.29) is 24.4 Å². The molecule has 1 aliphatic heterocycles. The Morgan fingerprint density at radius 3 is 2.94 bits per heavy atom. The maximum absolute atomic E-state index is 11.9. The molecular formula is C13H18BrClN2O. The third-order valence-electron chi connectivity index (χ3n) is 2.98. The average Bonchev–Trinajstić information content (AvgIpc) is 2.37. The molecule has 5 heteroatoms. The summed E-state index contributed by atoms with van der Waals surface area (Å²) >= 11 is 3.42. The highest BCUT2D eigenvalue weighted by molar-refractivity contribution is 9.10. The minimum absolute atomic E-state index is 0. The number of rotatable bonds is 3. The van der Waals surface area contributed by atoms with Gasteiger partial charge in [-0.15, -0.1) is 12.4 Å². The number of piperidine rings is 1. The fourth-order valence-electron chi connectivity index (χ4n) is 2.03. The fourth-order valence-corrected chi connectivity index (χ4v) is 2.48. The minimum atomic E-state index is -0.00379. The minimum Gasteiger partial charge on any atom is -0.351 e. The van der Waals surface area contributed by atoms with Crippen LogP contribution in [0.4, 0.5) is 0 Å². The van der Waals surface area contributed by atoms with Crippen molar-refractivity contribution in [1.82, 2.24) is 10.6 Å². The van der Waals surface area contributed by atoms with Crippen LogP contribution in [-0.4, -0.2) is 18.5 Å². The molecule has 1 atom stereocenters. The monoisotopic (exact) mass is 332 g/mol. The van der Waals surface area contributed by atoms with Crippen molar-refractivity contribution in [3.8, 4) is 0 Å². The Morgan fingerprint density at radius 2 is 2.28 bits per heavy atom. The van der Waals surface area contributed by atoms with Crippen molar-refractivity contribution in [2.75, 3.05) is 6.54 Å². The summed E-state index contributed by atoms with van der Waals surface area (Å²) in [7, 11) is 0. The summed E-state index contributed by atoms with van der Waals surface area (Å²) in [4.78, 5) is 11.9. The number of halogens is 2. The van der Waals surface area contributed by atoms with E-state index < -0.39 is 0 Å². The van der Waals surface area contributed by atoms with Crippen molar-refractivity contribution < 1.29 is 4.79 Å². The van der Waals surface area contributed by atoms with Crippen LogP contribution in [0, 0.1) is 0 Å². The molecule has 2 N–H and O–H groups in total. The highest BCUT2D eigenvalue weighted by Crippen LogP contribution is 2.12. The van der Waals surface area contributed by atoms with Crippen LogP contribution in [0.15, 0.2) is 28.7 Å². The van der Waals surface area contributed by atoms with E-state index in [1.54, 1.807) is 0 Å². The molecule has 2 rings (SSSR count). The molecule has 3 nitrogen and oxygen atoms in total. The molecule has 1 amide bonds. The van der Waals surface area contributed by atoms with Crippen LogP contribution in [0.3, 0.4) is 0 Å². The van der Waals surface area contributed by atoms with Gasteiger partial charge in [-0.3, -0.25) is 4.79 Å². The summed E-state index contributed by atoms with van der Waals surface area (Å²) in [5.41, 5.74) is 1.11. The average molecular weight is 334 g/mol. The predicted octanol–water partition coefficient (Wildman–Crippen LogP) is 2.63. The molecule has 18 heavy (non-hydrogen) atoms. The topological polar surface area (TPSA) is 41.1 Å². The third kappa shape index (κ3) is 4.59. The van der Waals surface area contributed by atoms with Crippen LogP contribution in [0.25, 0.3) is 0 Å². The molecule has 0 bridgehead atoms. The first-order chi connectivity index (χ1) is 8.25. The Kier molecular flexibility index (Phi) is 6.68. The second-order valence-corrected chi connectivity index (χ2v) is 5.27. The largest absolute Gasteiger partial charge is 0.351 e. The van der Waals surface area contributed by atoms with Gasteiger partial charge in [-0.05, 0) is 37.1 Å². The summed E-state index contributed by atoms with van der Waals surface area (Å²) in [6.45, 7) is 1.55. The van der Waals surface area contributed by atoms with E-state index in [0.717, 1.165) is 29.4 Å². The summed E-state index contributed by atoms with van der Waals surface area (Å²) in [5.74, 6) is 0.115. The number of benzene rings is 1. The van der Waals surface area contributed by atoms with E-state index in [2.05, 4.69) is 26.6 Å². The maximum atomic E-state index is 11.9. The van der Waals surface area contributed by atoms with Crippen molar-refractivity contribution in [2.45, 2.75) is 31.8 Å². The molecule has 1 heterocycles. The van der Waals surface area contributed by atoms with Gasteiger partial charge in [0.25, 0.3) is 0 Å². The first kappa shape index (κ1) is 15.5. The van der Waals surface area contributed by atoms with Crippen molar-refractivity contribution in [2.24, 2.45) is 0 Å². The lowest BCUT2D eigenvalue weighted by molar-refractivity contribution is -0.123. The van der Waals surface area contributed by atoms with Crippen LogP contribution in [0.1, 0.15) is 24.8 Å². The summed E-state index contributed by atoms with van der Waals surface area (Å²) < 4.78 is 1.04. The zero-order valence-electron chi connectivity index (χ0n) is 10.1. The fraction of sp³-hybridized carbons (Fsp3) is 0.462. The van der Waals surface area contributed by atoms with Gasteiger partial charge in [0.2, 0.25) is 5.91 Å². The molecular weight excluding hydrogens is 316 g/mol. The summed E-state index contributed by atoms with van der Waals surface area (Å²) in [6, 6.07) is 7.99. The predicted molar refractivity (Wildman–Crippen MR) is 78.9 cm³/mol. The molecule has 1 fully saturated rings. The van der Waals surface area contributed by atoms with Crippen LogP contribution < -0.4 is 10.6 Å². The van der Waals surface area contributed by atoms with Crippen LogP contribution in [0.5, 0.6) is 0 Å². The van der Waals surface area contributed by atoms with Crippen molar-refractivity contribution >= 4 is 34.2 Å². The second kappa shape index (κ2) is 7.77. The number of amides is 1. The molecule has 1 aromatic carbocycles. The van der Waals surface area contributed by atoms with E-state index in [1.807, 2.05) is 24.3 Å². The highest BCUT2D eigenvalue weighted by Gasteiger charge is 2.19. The molecule has 1 aliphatic rings. The quantitative estimate of drug-likeness (QED) is 0.893.